The molecule has 0 amide bonds. The Morgan fingerprint density at radius 2 is 2.23 bits per heavy atom. The third kappa shape index (κ3) is 4.23. The summed E-state index contributed by atoms with van der Waals surface area (Å²) in [6.45, 7) is 3.76. The van der Waals surface area contributed by atoms with Crippen molar-refractivity contribution in [2.45, 2.75) is 51.7 Å². The Bertz CT molecular complexity index is 196. The maximum atomic E-state index is 10.6. The fourth-order valence-electron chi connectivity index (χ4n) is 1.38. The number of rotatable bonds is 6. The van der Waals surface area contributed by atoms with E-state index in [1.54, 1.807) is 13.0 Å². The highest BCUT2D eigenvalue weighted by molar-refractivity contribution is 5.87. The van der Waals surface area contributed by atoms with E-state index in [0.717, 1.165) is 6.42 Å². The zero-order chi connectivity index (χ0) is 9.68. The van der Waals surface area contributed by atoms with Crippen molar-refractivity contribution in [3.8, 4) is 0 Å². The van der Waals surface area contributed by atoms with Crippen LogP contribution >= 0.6 is 0 Å². The Morgan fingerprint density at radius 3 is 2.85 bits per heavy atom. The number of hydrogen-bond acceptors (Lipinski definition) is 2. The van der Waals surface area contributed by atoms with Crippen molar-refractivity contribution in [3.05, 3.63) is 12.2 Å². The third-order valence-electron chi connectivity index (χ3n) is 2.23. The van der Waals surface area contributed by atoms with Gasteiger partial charge >= 0.3 is 0 Å². The molecular formula is C11H18O2. The van der Waals surface area contributed by atoms with Gasteiger partial charge in [0.05, 0.1) is 6.10 Å². The van der Waals surface area contributed by atoms with Gasteiger partial charge < -0.3 is 4.74 Å². The first-order chi connectivity index (χ1) is 6.24. The van der Waals surface area contributed by atoms with Crippen LogP contribution < -0.4 is 0 Å². The molecule has 2 atom stereocenters. The molecule has 0 aliphatic carbocycles. The van der Waals surface area contributed by atoms with Crippen molar-refractivity contribution in [1.82, 2.24) is 0 Å². The second-order valence-electron chi connectivity index (χ2n) is 3.60. The van der Waals surface area contributed by atoms with E-state index in [2.05, 4.69) is 6.92 Å². The molecule has 0 radical (unpaired) electrons. The number of ether oxygens (including phenoxy) is 1. The van der Waals surface area contributed by atoms with Gasteiger partial charge in [0.25, 0.3) is 0 Å². The predicted molar refractivity (Wildman–Crippen MR) is 52.6 cm³/mol. The van der Waals surface area contributed by atoms with Crippen molar-refractivity contribution in [2.24, 2.45) is 0 Å². The van der Waals surface area contributed by atoms with E-state index in [4.69, 9.17) is 4.74 Å². The maximum Gasteiger partial charge on any atom is 0.152 e. The molecule has 0 aromatic heterocycles. The second-order valence-corrected chi connectivity index (χ2v) is 3.60. The Labute approximate surface area is 80.0 Å². The SMILES string of the molecule is CCCCC[C@H]1O[C@@H]1/C=C/C(C)=O. The molecule has 0 N–H and O–H groups in total. The lowest BCUT2D eigenvalue weighted by Gasteiger charge is -1.92. The molecule has 0 aromatic carbocycles. The van der Waals surface area contributed by atoms with Gasteiger partial charge in [-0.2, -0.15) is 0 Å². The maximum absolute atomic E-state index is 10.6. The van der Waals surface area contributed by atoms with Crippen molar-refractivity contribution < 1.29 is 9.53 Å². The molecule has 13 heavy (non-hydrogen) atoms. The van der Waals surface area contributed by atoms with Crippen molar-refractivity contribution in [2.75, 3.05) is 0 Å². The average molecular weight is 182 g/mol. The van der Waals surface area contributed by atoms with Crippen LogP contribution in [0.15, 0.2) is 12.2 Å². The van der Waals surface area contributed by atoms with Crippen molar-refractivity contribution >= 4 is 5.78 Å². The Kier molecular flexibility index (Phi) is 4.16. The zero-order valence-corrected chi connectivity index (χ0v) is 8.45. The fourth-order valence-corrected chi connectivity index (χ4v) is 1.38. The molecule has 0 aromatic rings. The van der Waals surface area contributed by atoms with Crippen LogP contribution in [0.1, 0.15) is 39.5 Å². The van der Waals surface area contributed by atoms with E-state index in [1.165, 1.54) is 19.3 Å². The molecule has 1 aliphatic rings. The first-order valence-electron chi connectivity index (χ1n) is 5.08. The predicted octanol–water partition coefficient (Wildman–Crippen LogP) is 2.48. The summed E-state index contributed by atoms with van der Waals surface area (Å²) in [5, 5.41) is 0. The number of unbranched alkanes of at least 4 members (excludes halogenated alkanes) is 2. The summed E-state index contributed by atoms with van der Waals surface area (Å²) < 4.78 is 5.37. The number of carbonyl (C=O) groups excluding carboxylic acids is 1. The molecule has 0 unspecified atom stereocenters. The van der Waals surface area contributed by atoms with Crippen LogP contribution in [0.5, 0.6) is 0 Å². The Hall–Kier alpha value is -0.630. The van der Waals surface area contributed by atoms with E-state index in [0.29, 0.717) is 6.10 Å². The smallest absolute Gasteiger partial charge is 0.152 e. The first-order valence-corrected chi connectivity index (χ1v) is 5.08. The Balaban J connectivity index is 2.05. The molecular weight excluding hydrogens is 164 g/mol. The van der Waals surface area contributed by atoms with Gasteiger partial charge in [-0.15, -0.1) is 0 Å². The van der Waals surface area contributed by atoms with Gasteiger partial charge in [-0.25, -0.2) is 0 Å². The van der Waals surface area contributed by atoms with Gasteiger partial charge in [-0.3, -0.25) is 4.79 Å². The summed E-state index contributed by atoms with van der Waals surface area (Å²) in [4.78, 5) is 10.6. The number of carbonyl (C=O) groups is 1. The van der Waals surface area contributed by atoms with Gasteiger partial charge in [-0.1, -0.05) is 26.2 Å². The van der Waals surface area contributed by atoms with Crippen LogP contribution in [0, 0.1) is 0 Å². The molecule has 2 heteroatoms. The van der Waals surface area contributed by atoms with Crippen LogP contribution in [0.2, 0.25) is 0 Å². The largest absolute Gasteiger partial charge is 0.365 e. The van der Waals surface area contributed by atoms with E-state index in [9.17, 15) is 4.79 Å². The summed E-state index contributed by atoms with van der Waals surface area (Å²) in [6, 6.07) is 0. The quantitative estimate of drug-likeness (QED) is 0.359. The molecule has 0 saturated carbocycles. The molecule has 1 saturated heterocycles. The van der Waals surface area contributed by atoms with Gasteiger partial charge in [0.1, 0.15) is 6.10 Å². The van der Waals surface area contributed by atoms with Crippen molar-refractivity contribution in [1.29, 1.82) is 0 Å². The molecule has 1 aliphatic heterocycles. The third-order valence-corrected chi connectivity index (χ3v) is 2.23. The highest BCUT2D eigenvalue weighted by atomic mass is 16.6. The van der Waals surface area contributed by atoms with Gasteiger partial charge in [0.15, 0.2) is 5.78 Å². The van der Waals surface area contributed by atoms with Crippen LogP contribution in [-0.4, -0.2) is 18.0 Å². The van der Waals surface area contributed by atoms with Crippen LogP contribution in [-0.2, 0) is 9.53 Å². The normalized spacial score (nSPS) is 26.6. The van der Waals surface area contributed by atoms with Crippen LogP contribution in [0.3, 0.4) is 0 Å². The second kappa shape index (κ2) is 5.18. The minimum absolute atomic E-state index is 0.0998. The highest BCUT2D eigenvalue weighted by Gasteiger charge is 2.35. The highest BCUT2D eigenvalue weighted by Crippen LogP contribution is 2.28. The summed E-state index contributed by atoms with van der Waals surface area (Å²) in [7, 11) is 0. The zero-order valence-electron chi connectivity index (χ0n) is 8.45. The van der Waals surface area contributed by atoms with Gasteiger partial charge in [0, 0.05) is 0 Å². The van der Waals surface area contributed by atoms with Crippen LogP contribution in [0.25, 0.3) is 0 Å². The molecule has 1 fully saturated rings. The number of ketones is 1. The summed E-state index contributed by atoms with van der Waals surface area (Å²) in [5.74, 6) is 0.0998. The molecule has 0 spiro atoms. The topological polar surface area (TPSA) is 29.6 Å². The summed E-state index contributed by atoms with van der Waals surface area (Å²) >= 11 is 0. The monoisotopic (exact) mass is 182 g/mol. The molecule has 74 valence electrons. The lowest BCUT2D eigenvalue weighted by atomic mass is 10.1. The standard InChI is InChI=1S/C11H18O2/c1-3-4-5-6-10-11(13-10)8-7-9(2)12/h7-8,10-11H,3-6H2,1-2H3/b8-7+/t10-,11-/m1/s1. The van der Waals surface area contributed by atoms with Crippen LogP contribution in [0.4, 0.5) is 0 Å². The summed E-state index contributed by atoms with van der Waals surface area (Å²) in [5.41, 5.74) is 0. The Morgan fingerprint density at radius 1 is 1.46 bits per heavy atom. The fraction of sp³-hybridized carbons (Fsp3) is 0.727. The minimum Gasteiger partial charge on any atom is -0.365 e. The molecule has 2 nitrogen and oxygen atoms in total. The lowest BCUT2D eigenvalue weighted by molar-refractivity contribution is -0.112. The van der Waals surface area contributed by atoms with Gasteiger partial charge in [0.2, 0.25) is 0 Å². The summed E-state index contributed by atoms with van der Waals surface area (Å²) in [6.07, 6.45) is 9.00. The minimum atomic E-state index is 0.0998. The number of allylic oxidation sites excluding steroid dienone is 1. The van der Waals surface area contributed by atoms with E-state index < -0.39 is 0 Å². The van der Waals surface area contributed by atoms with E-state index in [-0.39, 0.29) is 11.9 Å². The van der Waals surface area contributed by atoms with E-state index in [1.807, 2.05) is 6.08 Å². The molecule has 1 heterocycles. The number of hydrogen-bond donors (Lipinski definition) is 0. The first kappa shape index (κ1) is 10.5. The molecule has 0 bridgehead atoms. The van der Waals surface area contributed by atoms with Crippen molar-refractivity contribution in [3.63, 3.8) is 0 Å². The lowest BCUT2D eigenvalue weighted by Crippen LogP contribution is -1.91. The average Bonchev–Trinajstić information content (AvgIpc) is 2.81. The number of epoxide rings is 1. The van der Waals surface area contributed by atoms with E-state index >= 15 is 0 Å². The van der Waals surface area contributed by atoms with Gasteiger partial charge in [-0.05, 0) is 25.5 Å². The molecule has 1 rings (SSSR count).